The Labute approximate surface area is 107 Å². The lowest BCUT2D eigenvalue weighted by Crippen LogP contribution is -2.24. The summed E-state index contributed by atoms with van der Waals surface area (Å²) in [5.41, 5.74) is 0.185. The van der Waals surface area contributed by atoms with Crippen molar-refractivity contribution in [2.24, 2.45) is 0 Å². The van der Waals surface area contributed by atoms with Gasteiger partial charge in [-0.05, 0) is 24.5 Å². The number of halogens is 4. The van der Waals surface area contributed by atoms with Gasteiger partial charge in [0.1, 0.15) is 0 Å². The predicted octanol–water partition coefficient (Wildman–Crippen LogP) is 4.91. The standard InChI is InChI=1S/C13H14BrF3/c14-9-12(6-1-2-7-12)10-4-3-5-11(8-10)13(15,16)17/h3-5,8H,1-2,6-7,9H2. The molecule has 0 heterocycles. The van der Waals surface area contributed by atoms with E-state index < -0.39 is 11.7 Å². The number of benzene rings is 1. The molecule has 0 N–H and O–H groups in total. The van der Waals surface area contributed by atoms with Gasteiger partial charge in [-0.1, -0.05) is 47.0 Å². The van der Waals surface area contributed by atoms with Crippen molar-refractivity contribution >= 4 is 15.9 Å². The first-order valence-corrected chi connectivity index (χ1v) is 6.84. The normalized spacial score (nSPS) is 19.5. The van der Waals surface area contributed by atoms with E-state index in [2.05, 4.69) is 15.9 Å². The Hall–Kier alpha value is -0.510. The smallest absolute Gasteiger partial charge is 0.166 e. The molecule has 0 spiro atoms. The highest BCUT2D eigenvalue weighted by Gasteiger charge is 2.37. The molecular weight excluding hydrogens is 293 g/mol. The van der Waals surface area contributed by atoms with Crippen molar-refractivity contribution in [1.82, 2.24) is 0 Å². The summed E-state index contributed by atoms with van der Waals surface area (Å²) in [4.78, 5) is 0. The lowest BCUT2D eigenvalue weighted by Gasteiger charge is -2.27. The van der Waals surface area contributed by atoms with E-state index >= 15 is 0 Å². The molecule has 1 saturated carbocycles. The minimum absolute atomic E-state index is 0.0960. The molecule has 0 atom stereocenters. The van der Waals surface area contributed by atoms with Crippen LogP contribution in [0.25, 0.3) is 0 Å². The summed E-state index contributed by atoms with van der Waals surface area (Å²) >= 11 is 3.46. The van der Waals surface area contributed by atoms with Gasteiger partial charge in [0.05, 0.1) is 5.56 Å². The fraction of sp³-hybridized carbons (Fsp3) is 0.538. The van der Waals surface area contributed by atoms with Crippen LogP contribution in [0.5, 0.6) is 0 Å². The SMILES string of the molecule is FC(F)(F)c1cccc(C2(CBr)CCCC2)c1. The number of rotatable bonds is 2. The van der Waals surface area contributed by atoms with E-state index in [0.717, 1.165) is 42.6 Å². The average Bonchev–Trinajstić information content (AvgIpc) is 2.78. The summed E-state index contributed by atoms with van der Waals surface area (Å²) in [5.74, 6) is 0. The van der Waals surface area contributed by atoms with E-state index in [0.29, 0.717) is 0 Å². The topological polar surface area (TPSA) is 0 Å². The first kappa shape index (κ1) is 12.9. The summed E-state index contributed by atoms with van der Waals surface area (Å²) in [6, 6.07) is 5.79. The van der Waals surface area contributed by atoms with Crippen LogP contribution in [0.3, 0.4) is 0 Å². The molecular formula is C13H14BrF3. The Morgan fingerprint density at radius 3 is 2.35 bits per heavy atom. The van der Waals surface area contributed by atoms with E-state index in [1.54, 1.807) is 0 Å². The molecule has 1 aromatic carbocycles. The summed E-state index contributed by atoms with van der Waals surface area (Å²) in [6.45, 7) is 0. The van der Waals surface area contributed by atoms with E-state index in [1.165, 1.54) is 12.1 Å². The van der Waals surface area contributed by atoms with Gasteiger partial charge in [-0.3, -0.25) is 0 Å². The molecule has 1 fully saturated rings. The Morgan fingerprint density at radius 2 is 1.82 bits per heavy atom. The van der Waals surface area contributed by atoms with Crippen LogP contribution < -0.4 is 0 Å². The summed E-state index contributed by atoms with van der Waals surface area (Å²) in [5, 5.41) is 0.737. The fourth-order valence-electron chi connectivity index (χ4n) is 2.58. The summed E-state index contributed by atoms with van der Waals surface area (Å²) in [7, 11) is 0. The molecule has 4 heteroatoms. The third-order valence-electron chi connectivity index (χ3n) is 3.62. The van der Waals surface area contributed by atoms with Crippen LogP contribution in [0, 0.1) is 0 Å². The highest BCUT2D eigenvalue weighted by atomic mass is 79.9. The van der Waals surface area contributed by atoms with Crippen LogP contribution in [0.2, 0.25) is 0 Å². The van der Waals surface area contributed by atoms with Gasteiger partial charge >= 0.3 is 6.18 Å². The molecule has 94 valence electrons. The van der Waals surface area contributed by atoms with E-state index in [9.17, 15) is 13.2 Å². The van der Waals surface area contributed by atoms with Gasteiger partial charge in [0.15, 0.2) is 0 Å². The van der Waals surface area contributed by atoms with Crippen molar-refractivity contribution in [2.75, 3.05) is 5.33 Å². The Morgan fingerprint density at radius 1 is 1.18 bits per heavy atom. The minimum atomic E-state index is -4.25. The Balaban J connectivity index is 2.39. The molecule has 0 amide bonds. The average molecular weight is 307 g/mol. The molecule has 0 aliphatic heterocycles. The van der Waals surface area contributed by atoms with Crippen molar-refractivity contribution in [3.63, 3.8) is 0 Å². The Kier molecular flexibility index (Phi) is 3.53. The molecule has 0 radical (unpaired) electrons. The second kappa shape index (κ2) is 4.63. The number of hydrogen-bond acceptors (Lipinski definition) is 0. The molecule has 0 unspecified atom stereocenters. The van der Waals surface area contributed by atoms with Crippen LogP contribution in [0.15, 0.2) is 24.3 Å². The molecule has 1 aliphatic carbocycles. The monoisotopic (exact) mass is 306 g/mol. The maximum atomic E-state index is 12.7. The quantitative estimate of drug-likeness (QED) is 0.681. The highest BCUT2D eigenvalue weighted by molar-refractivity contribution is 9.09. The van der Waals surface area contributed by atoms with Gasteiger partial charge in [-0.15, -0.1) is 0 Å². The maximum Gasteiger partial charge on any atom is 0.416 e. The number of hydrogen-bond donors (Lipinski definition) is 0. The minimum Gasteiger partial charge on any atom is -0.166 e. The van der Waals surface area contributed by atoms with Crippen LogP contribution in [0.4, 0.5) is 13.2 Å². The van der Waals surface area contributed by atoms with Crippen molar-refractivity contribution in [1.29, 1.82) is 0 Å². The van der Waals surface area contributed by atoms with Crippen molar-refractivity contribution in [2.45, 2.75) is 37.3 Å². The summed E-state index contributed by atoms with van der Waals surface area (Å²) < 4.78 is 38.0. The molecule has 17 heavy (non-hydrogen) atoms. The number of alkyl halides is 4. The molecule has 1 aliphatic rings. The van der Waals surface area contributed by atoms with Gasteiger partial charge < -0.3 is 0 Å². The zero-order valence-corrected chi connectivity index (χ0v) is 10.9. The lowest BCUT2D eigenvalue weighted by atomic mass is 9.80. The summed E-state index contributed by atoms with van der Waals surface area (Å²) in [6.07, 6.45) is -0.106. The second-order valence-corrected chi connectivity index (χ2v) is 5.26. The first-order valence-electron chi connectivity index (χ1n) is 5.72. The molecule has 0 nitrogen and oxygen atoms in total. The van der Waals surface area contributed by atoms with E-state index in [1.807, 2.05) is 6.07 Å². The van der Waals surface area contributed by atoms with E-state index in [4.69, 9.17) is 0 Å². The molecule has 0 saturated heterocycles. The zero-order valence-electron chi connectivity index (χ0n) is 9.36. The molecule has 2 rings (SSSR count). The van der Waals surface area contributed by atoms with Crippen molar-refractivity contribution < 1.29 is 13.2 Å². The predicted molar refractivity (Wildman–Crippen MR) is 65.4 cm³/mol. The molecule has 0 aromatic heterocycles. The van der Waals surface area contributed by atoms with E-state index in [-0.39, 0.29) is 5.41 Å². The van der Waals surface area contributed by atoms with Crippen molar-refractivity contribution in [3.8, 4) is 0 Å². The largest absolute Gasteiger partial charge is 0.416 e. The van der Waals surface area contributed by atoms with Gasteiger partial charge in [-0.25, -0.2) is 0 Å². The fourth-order valence-corrected chi connectivity index (χ4v) is 3.46. The van der Waals surface area contributed by atoms with Gasteiger partial charge in [0.25, 0.3) is 0 Å². The lowest BCUT2D eigenvalue weighted by molar-refractivity contribution is -0.137. The highest BCUT2D eigenvalue weighted by Crippen LogP contribution is 2.43. The third kappa shape index (κ3) is 2.51. The Bertz CT molecular complexity index is 392. The van der Waals surface area contributed by atoms with Crippen molar-refractivity contribution in [3.05, 3.63) is 35.4 Å². The van der Waals surface area contributed by atoms with Gasteiger partial charge in [0.2, 0.25) is 0 Å². The second-order valence-electron chi connectivity index (χ2n) is 4.70. The zero-order chi connectivity index (χ0) is 12.5. The molecule has 0 bridgehead atoms. The first-order chi connectivity index (χ1) is 7.98. The third-order valence-corrected chi connectivity index (χ3v) is 4.69. The van der Waals surface area contributed by atoms with Gasteiger partial charge in [0, 0.05) is 10.7 Å². The molecule has 1 aromatic rings. The van der Waals surface area contributed by atoms with Crippen LogP contribution in [0.1, 0.15) is 36.8 Å². The van der Waals surface area contributed by atoms with Gasteiger partial charge in [-0.2, -0.15) is 13.2 Å². The van der Waals surface area contributed by atoms with Crippen LogP contribution in [-0.4, -0.2) is 5.33 Å². The maximum absolute atomic E-state index is 12.7. The van der Waals surface area contributed by atoms with Crippen LogP contribution >= 0.6 is 15.9 Å². The van der Waals surface area contributed by atoms with Crippen LogP contribution in [-0.2, 0) is 11.6 Å².